The average molecular weight is 496 g/mol. The Labute approximate surface area is 204 Å². The van der Waals surface area contributed by atoms with E-state index < -0.39 is 11.9 Å². The SMILES string of the molecule is COC(=O)c1cc(OC)c(OC)c(OC)c1NC(=O)c1cc(Cl)c(OCCC(C)C)c(OC)c1. The number of rotatable bonds is 11. The van der Waals surface area contributed by atoms with Crippen LogP contribution in [-0.2, 0) is 4.74 Å². The molecule has 2 rings (SSSR count). The van der Waals surface area contributed by atoms with Gasteiger partial charge in [-0.2, -0.15) is 0 Å². The van der Waals surface area contributed by atoms with Crippen molar-refractivity contribution in [2.75, 3.05) is 47.5 Å². The summed E-state index contributed by atoms with van der Waals surface area (Å²) in [4.78, 5) is 25.6. The molecule has 0 heterocycles. The highest BCUT2D eigenvalue weighted by Gasteiger charge is 2.27. The fraction of sp³-hybridized carbons (Fsp3) is 0.417. The van der Waals surface area contributed by atoms with Gasteiger partial charge in [0.1, 0.15) is 5.69 Å². The predicted molar refractivity (Wildman–Crippen MR) is 128 cm³/mol. The Kier molecular flexibility index (Phi) is 9.68. The number of hydrogen-bond donors (Lipinski definition) is 1. The Hall–Kier alpha value is -3.33. The van der Waals surface area contributed by atoms with Crippen LogP contribution >= 0.6 is 11.6 Å². The zero-order valence-corrected chi connectivity index (χ0v) is 21.1. The minimum Gasteiger partial charge on any atom is -0.493 e. The van der Waals surface area contributed by atoms with Gasteiger partial charge in [-0.3, -0.25) is 4.79 Å². The fourth-order valence-corrected chi connectivity index (χ4v) is 3.39. The monoisotopic (exact) mass is 495 g/mol. The van der Waals surface area contributed by atoms with E-state index in [1.54, 1.807) is 0 Å². The summed E-state index contributed by atoms with van der Waals surface area (Å²) in [6.45, 7) is 4.62. The quantitative estimate of drug-likeness (QED) is 0.442. The van der Waals surface area contributed by atoms with E-state index in [1.807, 2.05) is 0 Å². The van der Waals surface area contributed by atoms with Crippen molar-refractivity contribution in [1.29, 1.82) is 0 Å². The number of nitrogens with one attached hydrogen (secondary N) is 1. The first-order valence-electron chi connectivity index (χ1n) is 10.4. The van der Waals surface area contributed by atoms with Gasteiger partial charge >= 0.3 is 5.97 Å². The first-order valence-corrected chi connectivity index (χ1v) is 10.8. The third-order valence-electron chi connectivity index (χ3n) is 4.91. The largest absolute Gasteiger partial charge is 0.493 e. The van der Waals surface area contributed by atoms with Crippen LogP contribution in [-0.4, -0.2) is 54.0 Å². The molecule has 10 heteroatoms. The van der Waals surface area contributed by atoms with Crippen LogP contribution in [0.2, 0.25) is 5.02 Å². The molecule has 0 atom stereocenters. The second kappa shape index (κ2) is 12.2. The van der Waals surface area contributed by atoms with Crippen LogP contribution in [0.4, 0.5) is 5.69 Å². The first-order chi connectivity index (χ1) is 16.2. The predicted octanol–water partition coefficient (Wildman–Crippen LogP) is 4.84. The van der Waals surface area contributed by atoms with Gasteiger partial charge in [0.15, 0.2) is 23.0 Å². The average Bonchev–Trinajstić information content (AvgIpc) is 2.83. The Balaban J connectivity index is 2.50. The molecule has 0 spiro atoms. The molecule has 0 saturated carbocycles. The standard InChI is InChI=1S/C24H30ClNO8/c1-13(2)8-9-34-20-16(25)10-14(11-17(20)29-3)23(27)26-19-15(24(28)33-7)12-18(30-4)21(31-5)22(19)32-6/h10-13H,8-9H2,1-7H3,(H,26,27). The van der Waals surface area contributed by atoms with Crippen LogP contribution in [0.25, 0.3) is 0 Å². The maximum Gasteiger partial charge on any atom is 0.340 e. The topological polar surface area (TPSA) is 102 Å². The van der Waals surface area contributed by atoms with Gasteiger partial charge in [0.2, 0.25) is 5.75 Å². The summed E-state index contributed by atoms with van der Waals surface area (Å²) in [6, 6.07) is 4.34. The summed E-state index contributed by atoms with van der Waals surface area (Å²) in [6.07, 6.45) is 0.830. The maximum absolute atomic E-state index is 13.2. The number of methoxy groups -OCH3 is 5. The van der Waals surface area contributed by atoms with Crippen molar-refractivity contribution < 1.29 is 38.0 Å². The summed E-state index contributed by atoms with van der Waals surface area (Å²) in [7, 11) is 6.87. The van der Waals surface area contributed by atoms with Crippen molar-refractivity contribution in [3.8, 4) is 28.7 Å². The zero-order chi connectivity index (χ0) is 25.4. The highest BCUT2D eigenvalue weighted by Crippen LogP contribution is 2.46. The molecule has 0 aliphatic heterocycles. The van der Waals surface area contributed by atoms with Crippen LogP contribution in [0, 0.1) is 5.92 Å². The smallest absolute Gasteiger partial charge is 0.340 e. The molecule has 1 N–H and O–H groups in total. The van der Waals surface area contributed by atoms with Crippen LogP contribution in [0.15, 0.2) is 18.2 Å². The van der Waals surface area contributed by atoms with Gasteiger partial charge in [0, 0.05) is 11.6 Å². The second-order valence-corrected chi connectivity index (χ2v) is 7.94. The number of anilines is 1. The van der Waals surface area contributed by atoms with Gasteiger partial charge in [0.25, 0.3) is 5.91 Å². The number of halogens is 1. The number of amides is 1. The Morgan fingerprint density at radius 3 is 2.03 bits per heavy atom. The molecule has 9 nitrogen and oxygen atoms in total. The summed E-state index contributed by atoms with van der Waals surface area (Å²) < 4.78 is 32.1. The lowest BCUT2D eigenvalue weighted by Crippen LogP contribution is -2.17. The Morgan fingerprint density at radius 2 is 1.50 bits per heavy atom. The number of carbonyl (C=O) groups is 2. The van der Waals surface area contributed by atoms with E-state index in [0.717, 1.165) is 6.42 Å². The fourth-order valence-electron chi connectivity index (χ4n) is 3.12. The number of hydrogen-bond acceptors (Lipinski definition) is 8. The molecule has 0 saturated heterocycles. The van der Waals surface area contributed by atoms with Crippen molar-refractivity contribution >= 4 is 29.2 Å². The van der Waals surface area contributed by atoms with Crippen LogP contribution < -0.4 is 29.0 Å². The van der Waals surface area contributed by atoms with E-state index in [1.165, 1.54) is 53.7 Å². The van der Waals surface area contributed by atoms with Crippen molar-refractivity contribution in [1.82, 2.24) is 0 Å². The van der Waals surface area contributed by atoms with Crippen molar-refractivity contribution in [2.24, 2.45) is 5.92 Å². The molecule has 0 aromatic heterocycles. The highest BCUT2D eigenvalue weighted by molar-refractivity contribution is 6.33. The van der Waals surface area contributed by atoms with Gasteiger partial charge in [-0.25, -0.2) is 4.79 Å². The van der Waals surface area contributed by atoms with E-state index in [0.29, 0.717) is 24.0 Å². The summed E-state index contributed by atoms with van der Waals surface area (Å²) in [5.41, 5.74) is 0.229. The molecule has 186 valence electrons. The molecule has 0 aliphatic rings. The van der Waals surface area contributed by atoms with E-state index >= 15 is 0 Å². The molecule has 0 bridgehead atoms. The number of ether oxygens (including phenoxy) is 6. The molecule has 34 heavy (non-hydrogen) atoms. The van der Waals surface area contributed by atoms with E-state index in [2.05, 4.69) is 19.2 Å². The minimum absolute atomic E-state index is 0.0112. The molecule has 2 aromatic carbocycles. The highest BCUT2D eigenvalue weighted by atomic mass is 35.5. The molecule has 1 amide bonds. The number of benzene rings is 2. The van der Waals surface area contributed by atoms with Crippen molar-refractivity contribution in [2.45, 2.75) is 20.3 Å². The summed E-state index contributed by atoms with van der Waals surface area (Å²) >= 11 is 6.41. The lowest BCUT2D eigenvalue weighted by molar-refractivity contribution is 0.0601. The third kappa shape index (κ3) is 5.96. The Morgan fingerprint density at radius 1 is 0.882 bits per heavy atom. The van der Waals surface area contributed by atoms with E-state index in [4.69, 9.17) is 40.0 Å². The second-order valence-electron chi connectivity index (χ2n) is 7.53. The number of carbonyl (C=O) groups excluding carboxylic acids is 2. The third-order valence-corrected chi connectivity index (χ3v) is 5.19. The van der Waals surface area contributed by atoms with E-state index in [9.17, 15) is 9.59 Å². The van der Waals surface area contributed by atoms with Gasteiger partial charge in [-0.1, -0.05) is 25.4 Å². The zero-order valence-electron chi connectivity index (χ0n) is 20.4. The van der Waals surface area contributed by atoms with E-state index in [-0.39, 0.29) is 39.1 Å². The maximum atomic E-state index is 13.2. The molecular weight excluding hydrogens is 466 g/mol. The molecular formula is C24H30ClNO8. The molecule has 0 aliphatic carbocycles. The summed E-state index contributed by atoms with van der Waals surface area (Å²) in [5, 5.41) is 2.90. The molecule has 0 fully saturated rings. The summed E-state index contributed by atoms with van der Waals surface area (Å²) in [5.74, 6) is 0.318. The van der Waals surface area contributed by atoms with Crippen molar-refractivity contribution in [3.63, 3.8) is 0 Å². The molecule has 0 unspecified atom stereocenters. The minimum atomic E-state index is -0.709. The Bertz CT molecular complexity index is 1040. The van der Waals surface area contributed by atoms with Gasteiger partial charge in [-0.05, 0) is 24.5 Å². The number of esters is 1. The van der Waals surface area contributed by atoms with Crippen LogP contribution in [0.3, 0.4) is 0 Å². The van der Waals surface area contributed by atoms with Gasteiger partial charge < -0.3 is 33.7 Å². The molecule has 0 radical (unpaired) electrons. The molecule has 2 aromatic rings. The van der Waals surface area contributed by atoms with Crippen molar-refractivity contribution in [3.05, 3.63) is 34.3 Å². The lowest BCUT2D eigenvalue weighted by atomic mass is 10.1. The normalized spacial score (nSPS) is 10.5. The first kappa shape index (κ1) is 26.9. The lowest BCUT2D eigenvalue weighted by Gasteiger charge is -2.19. The van der Waals surface area contributed by atoms with Gasteiger partial charge in [-0.15, -0.1) is 0 Å². The van der Waals surface area contributed by atoms with Crippen LogP contribution in [0.5, 0.6) is 28.7 Å². The van der Waals surface area contributed by atoms with Crippen LogP contribution in [0.1, 0.15) is 41.0 Å². The van der Waals surface area contributed by atoms with Gasteiger partial charge in [0.05, 0.1) is 52.7 Å².